The zero-order chi connectivity index (χ0) is 15.4. The molecule has 0 amide bonds. The zero-order valence-corrected chi connectivity index (χ0v) is 16.2. The van der Waals surface area contributed by atoms with E-state index in [-0.39, 0.29) is 2.85 Å². The van der Waals surface area contributed by atoms with Crippen LogP contribution in [0, 0.1) is 0 Å². The van der Waals surface area contributed by atoms with Crippen LogP contribution >= 0.6 is 0 Å². The fourth-order valence-corrected chi connectivity index (χ4v) is 3.33. The topological polar surface area (TPSA) is 0 Å². The molecule has 0 aliphatic heterocycles. The van der Waals surface area contributed by atoms with E-state index >= 15 is 0 Å². The first kappa shape index (κ1) is 21.5. The summed E-state index contributed by atoms with van der Waals surface area (Å²) in [5, 5.41) is 1.29. The monoisotopic (exact) mass is 312 g/mol. The smallest absolute Gasteiger partial charge is 0.118 e. The van der Waals surface area contributed by atoms with Crippen molar-refractivity contribution in [1.82, 2.24) is 0 Å². The van der Waals surface area contributed by atoms with Crippen LogP contribution < -0.4 is 0 Å². The van der Waals surface area contributed by atoms with Crippen LogP contribution in [0.2, 0.25) is 5.28 Å². The summed E-state index contributed by atoms with van der Waals surface area (Å²) in [7, 11) is 0. The van der Waals surface area contributed by atoms with Crippen molar-refractivity contribution in [2.45, 2.75) is 128 Å². The molecule has 0 aliphatic rings. The van der Waals surface area contributed by atoms with E-state index in [2.05, 4.69) is 23.2 Å². The number of rotatable bonds is 18. The standard InChI is InChI=1S/C20H41.Al.2H2/c1-3-5-7-9-11-13-15-17-19-20-18-16-14-12-10-8-6-4-2;;;/h1,3-20H2,2H3;;2*1H. The Kier molecular flexibility index (Phi) is 21.1. The van der Waals surface area contributed by atoms with Crippen molar-refractivity contribution in [2.24, 2.45) is 0 Å². The van der Waals surface area contributed by atoms with Gasteiger partial charge in [-0.1, -0.05) is 122 Å². The number of unbranched alkanes of at least 4 members (excludes halogenated alkanes) is 17. The van der Waals surface area contributed by atoms with Gasteiger partial charge >= 0.3 is 0 Å². The summed E-state index contributed by atoms with van der Waals surface area (Å²) in [5.41, 5.74) is 0. The molecule has 0 fully saturated rings. The Balaban J connectivity index is -0.00000200. The Morgan fingerprint density at radius 3 is 0.905 bits per heavy atom. The number of hydrogen-bond donors (Lipinski definition) is 0. The van der Waals surface area contributed by atoms with E-state index in [1.807, 2.05) is 0 Å². The summed E-state index contributed by atoms with van der Waals surface area (Å²) >= 11 is 2.83. The van der Waals surface area contributed by atoms with Gasteiger partial charge < -0.3 is 0 Å². The quantitative estimate of drug-likeness (QED) is 0.177. The molecule has 0 saturated carbocycles. The highest BCUT2D eigenvalue weighted by molar-refractivity contribution is 6.08. The maximum Gasteiger partial charge on any atom is 0.118 e. The van der Waals surface area contributed by atoms with Gasteiger partial charge in [0, 0.05) is 2.85 Å². The van der Waals surface area contributed by atoms with Gasteiger partial charge in [-0.25, -0.2) is 0 Å². The van der Waals surface area contributed by atoms with Crippen LogP contribution in [0.25, 0.3) is 0 Å². The van der Waals surface area contributed by atoms with Crippen LogP contribution in [0.1, 0.15) is 125 Å². The van der Waals surface area contributed by atoms with Crippen LogP contribution in [-0.2, 0) is 0 Å². The molecule has 1 heteroatoms. The van der Waals surface area contributed by atoms with Crippen LogP contribution in [-0.4, -0.2) is 16.3 Å². The summed E-state index contributed by atoms with van der Waals surface area (Å²) < 4.78 is 0. The molecular weight excluding hydrogens is 267 g/mol. The van der Waals surface area contributed by atoms with Crippen molar-refractivity contribution in [1.29, 1.82) is 0 Å². The minimum absolute atomic E-state index is 0. The second-order valence-electron chi connectivity index (χ2n) is 6.80. The van der Waals surface area contributed by atoms with Gasteiger partial charge in [-0.2, -0.15) is 0 Å². The second kappa shape index (κ2) is 20.5. The lowest BCUT2D eigenvalue weighted by Crippen LogP contribution is -1.84. The van der Waals surface area contributed by atoms with Gasteiger partial charge in [0.2, 0.25) is 0 Å². The first-order valence-electron chi connectivity index (χ1n) is 10.1. The van der Waals surface area contributed by atoms with Crippen molar-refractivity contribution >= 4 is 16.3 Å². The Morgan fingerprint density at radius 1 is 0.429 bits per heavy atom. The van der Waals surface area contributed by atoms with E-state index < -0.39 is 0 Å². The van der Waals surface area contributed by atoms with Gasteiger partial charge in [-0.3, -0.25) is 0 Å². The highest BCUT2D eigenvalue weighted by Crippen LogP contribution is 2.14. The molecule has 0 N–H and O–H groups in total. The average Bonchev–Trinajstić information content (AvgIpc) is 2.50. The van der Waals surface area contributed by atoms with E-state index in [1.54, 1.807) is 0 Å². The Hall–Kier alpha value is 0.532. The Labute approximate surface area is 147 Å². The average molecular weight is 313 g/mol. The molecule has 0 aromatic heterocycles. The van der Waals surface area contributed by atoms with E-state index in [4.69, 9.17) is 0 Å². The van der Waals surface area contributed by atoms with E-state index in [0.717, 1.165) is 0 Å². The van der Waals surface area contributed by atoms with Crippen LogP contribution in [0.3, 0.4) is 0 Å². The molecule has 0 saturated heterocycles. The lowest BCUT2D eigenvalue weighted by Gasteiger charge is -2.03. The molecular formula is C20H45Al. The highest BCUT2D eigenvalue weighted by Gasteiger charge is 1.94. The van der Waals surface area contributed by atoms with Gasteiger partial charge in [0.05, 0.1) is 0 Å². The minimum atomic E-state index is 0. The van der Waals surface area contributed by atoms with Gasteiger partial charge in [0.25, 0.3) is 0 Å². The first-order valence-corrected chi connectivity index (χ1v) is 10.9. The van der Waals surface area contributed by atoms with E-state index in [1.165, 1.54) is 121 Å². The third-order valence-electron chi connectivity index (χ3n) is 4.56. The fourth-order valence-electron chi connectivity index (χ4n) is 3.05. The molecule has 0 unspecified atom stereocenters. The Bertz CT molecular complexity index is 159. The lowest BCUT2D eigenvalue weighted by molar-refractivity contribution is 0.526. The molecule has 0 spiro atoms. The summed E-state index contributed by atoms with van der Waals surface area (Å²) in [6.45, 7) is 2.30. The molecule has 2 radical (unpaired) electrons. The molecule has 0 atom stereocenters. The van der Waals surface area contributed by atoms with Crippen molar-refractivity contribution in [3.05, 3.63) is 0 Å². The summed E-state index contributed by atoms with van der Waals surface area (Å²) in [6, 6.07) is 0. The third kappa shape index (κ3) is 20.5. The predicted molar refractivity (Wildman–Crippen MR) is 104 cm³/mol. The van der Waals surface area contributed by atoms with Crippen molar-refractivity contribution in [2.75, 3.05) is 0 Å². The lowest BCUT2D eigenvalue weighted by atomic mass is 10.0. The van der Waals surface area contributed by atoms with Gasteiger partial charge in [0.1, 0.15) is 16.3 Å². The zero-order valence-electron chi connectivity index (χ0n) is 15.0. The van der Waals surface area contributed by atoms with Crippen molar-refractivity contribution < 1.29 is 2.85 Å². The molecule has 0 bridgehead atoms. The van der Waals surface area contributed by atoms with E-state index in [0.29, 0.717) is 0 Å². The molecule has 0 aliphatic carbocycles. The van der Waals surface area contributed by atoms with Crippen molar-refractivity contribution in [3.63, 3.8) is 0 Å². The first-order chi connectivity index (χ1) is 10.4. The molecule has 0 rings (SSSR count). The van der Waals surface area contributed by atoms with Crippen LogP contribution in [0.15, 0.2) is 0 Å². The molecule has 0 aromatic carbocycles. The van der Waals surface area contributed by atoms with Gasteiger partial charge in [0.15, 0.2) is 0 Å². The molecule has 0 nitrogen and oxygen atoms in total. The summed E-state index contributed by atoms with van der Waals surface area (Å²) in [4.78, 5) is 0. The van der Waals surface area contributed by atoms with Gasteiger partial charge in [-0.05, 0) is 0 Å². The normalized spacial score (nSPS) is 11.1. The molecule has 21 heavy (non-hydrogen) atoms. The SMILES string of the molecule is CCCCCCCCCCCCCCCCCCC[CH2][Al].[HH].[HH]. The maximum atomic E-state index is 2.83. The van der Waals surface area contributed by atoms with E-state index in [9.17, 15) is 0 Å². The van der Waals surface area contributed by atoms with Crippen molar-refractivity contribution in [3.8, 4) is 0 Å². The molecule has 0 aromatic rings. The minimum Gasteiger partial charge on any atom is -0.118 e. The van der Waals surface area contributed by atoms with Crippen LogP contribution in [0.4, 0.5) is 0 Å². The number of hydrogen-bond acceptors (Lipinski definition) is 0. The summed E-state index contributed by atoms with van der Waals surface area (Å²) in [5.74, 6) is 0. The fraction of sp³-hybridized carbons (Fsp3) is 1.00. The summed E-state index contributed by atoms with van der Waals surface area (Å²) in [6.07, 6.45) is 26.4. The van der Waals surface area contributed by atoms with Crippen LogP contribution in [0.5, 0.6) is 0 Å². The molecule has 0 heterocycles. The highest BCUT2D eigenvalue weighted by atomic mass is 27.0. The molecule has 128 valence electrons. The maximum absolute atomic E-state index is 2.83. The Morgan fingerprint density at radius 2 is 0.667 bits per heavy atom. The second-order valence-corrected chi connectivity index (χ2v) is 7.38. The predicted octanol–water partition coefficient (Wildman–Crippen LogP) is 8.11. The largest absolute Gasteiger partial charge is 0.118 e. The van der Waals surface area contributed by atoms with Gasteiger partial charge in [-0.15, -0.1) is 5.28 Å². The third-order valence-corrected chi connectivity index (χ3v) is 4.97.